The molecule has 3 atom stereocenters. The number of fused-ring (bicyclic) bond motifs is 1. The van der Waals surface area contributed by atoms with Crippen molar-refractivity contribution >= 4 is 22.8 Å². The molecule has 9 heteroatoms. The highest BCUT2D eigenvalue weighted by molar-refractivity contribution is 5.97. The van der Waals surface area contributed by atoms with Crippen LogP contribution in [0.2, 0.25) is 0 Å². The predicted molar refractivity (Wildman–Crippen MR) is 126 cm³/mol. The number of nitrogens with one attached hydrogen (secondary N) is 1. The molecule has 2 aromatic heterocycles. The number of methoxy groups -OCH3 is 1. The molecule has 186 valence electrons. The number of carbonyl (C=O) groups is 2. The van der Waals surface area contributed by atoms with Crippen LogP contribution in [0.1, 0.15) is 64.1 Å². The molecule has 3 heterocycles. The summed E-state index contributed by atoms with van der Waals surface area (Å²) in [5.74, 6) is -1.63. The Morgan fingerprint density at radius 2 is 2.14 bits per heavy atom. The van der Waals surface area contributed by atoms with Crippen molar-refractivity contribution in [2.45, 2.75) is 44.2 Å². The molecule has 0 saturated carbocycles. The van der Waals surface area contributed by atoms with E-state index in [9.17, 15) is 19.1 Å². The number of benzene rings is 1. The second kappa shape index (κ2) is 11.1. The number of Topliss-reactive ketones (excluding diaryl/α,β-unsaturated/α-hetero) is 1. The summed E-state index contributed by atoms with van der Waals surface area (Å²) in [6.45, 7) is 2.93. The number of nitrogens with zero attached hydrogens (tertiary/aromatic N) is 1. The van der Waals surface area contributed by atoms with Gasteiger partial charge < -0.3 is 24.3 Å². The van der Waals surface area contributed by atoms with E-state index in [1.807, 2.05) is 6.92 Å². The minimum absolute atomic E-state index is 0.0463. The number of hydrogen-bond acceptors (Lipinski definition) is 7. The number of furan rings is 1. The first-order chi connectivity index (χ1) is 16.9. The summed E-state index contributed by atoms with van der Waals surface area (Å²) in [5, 5.41) is 12.9. The van der Waals surface area contributed by atoms with E-state index >= 15 is 0 Å². The molecule has 1 amide bonds. The van der Waals surface area contributed by atoms with Gasteiger partial charge in [-0.05, 0) is 36.6 Å². The van der Waals surface area contributed by atoms with Crippen LogP contribution in [0.5, 0.6) is 0 Å². The van der Waals surface area contributed by atoms with Crippen molar-refractivity contribution in [1.29, 1.82) is 0 Å². The lowest BCUT2D eigenvalue weighted by molar-refractivity contribution is -0.0261. The Morgan fingerprint density at radius 1 is 1.31 bits per heavy atom. The van der Waals surface area contributed by atoms with Gasteiger partial charge in [0.2, 0.25) is 0 Å². The average molecular weight is 485 g/mol. The number of ether oxygens (including phenoxy) is 2. The lowest BCUT2D eigenvalue weighted by atomic mass is 9.91. The highest BCUT2D eigenvalue weighted by atomic mass is 19.1. The molecule has 1 aliphatic heterocycles. The van der Waals surface area contributed by atoms with E-state index < -0.39 is 23.9 Å². The molecular formula is C26H29FN2O6. The van der Waals surface area contributed by atoms with Crippen LogP contribution in [0.25, 0.3) is 11.1 Å². The summed E-state index contributed by atoms with van der Waals surface area (Å²) in [4.78, 5) is 29.7. The van der Waals surface area contributed by atoms with E-state index in [1.54, 1.807) is 25.3 Å². The van der Waals surface area contributed by atoms with Crippen molar-refractivity contribution in [2.75, 3.05) is 26.9 Å². The molecule has 8 nitrogen and oxygen atoms in total. The normalized spacial score (nSPS) is 19.0. The van der Waals surface area contributed by atoms with Crippen LogP contribution in [-0.4, -0.2) is 60.9 Å². The number of aliphatic hydroxyl groups excluding tert-OH is 1. The van der Waals surface area contributed by atoms with Gasteiger partial charge in [-0.1, -0.05) is 13.0 Å². The van der Waals surface area contributed by atoms with Crippen molar-refractivity contribution in [1.82, 2.24) is 10.3 Å². The number of hydrogen-bond donors (Lipinski definition) is 2. The number of amides is 1. The fraction of sp³-hybridized carbons (Fsp3) is 0.423. The summed E-state index contributed by atoms with van der Waals surface area (Å²) < 4.78 is 30.7. The van der Waals surface area contributed by atoms with Gasteiger partial charge in [-0.15, -0.1) is 0 Å². The van der Waals surface area contributed by atoms with Crippen molar-refractivity contribution < 1.29 is 33.0 Å². The van der Waals surface area contributed by atoms with Gasteiger partial charge >= 0.3 is 0 Å². The van der Waals surface area contributed by atoms with Gasteiger partial charge in [-0.3, -0.25) is 9.59 Å². The Kier molecular flexibility index (Phi) is 7.90. The number of ketones is 1. The molecule has 3 aromatic rings. The number of halogens is 1. The molecule has 0 radical (unpaired) electrons. The lowest BCUT2D eigenvalue weighted by Crippen LogP contribution is -2.48. The van der Waals surface area contributed by atoms with Crippen LogP contribution < -0.4 is 5.32 Å². The zero-order valence-electron chi connectivity index (χ0n) is 19.8. The number of pyridine rings is 1. The first kappa shape index (κ1) is 25.0. The van der Waals surface area contributed by atoms with E-state index in [0.29, 0.717) is 48.3 Å². The second-order valence-corrected chi connectivity index (χ2v) is 8.72. The Bertz CT molecular complexity index is 1210. The summed E-state index contributed by atoms with van der Waals surface area (Å²) in [7, 11) is 1.56. The van der Waals surface area contributed by atoms with Gasteiger partial charge in [0.05, 0.1) is 30.6 Å². The Labute approximate surface area is 202 Å². The van der Waals surface area contributed by atoms with E-state index in [4.69, 9.17) is 13.9 Å². The molecule has 1 fully saturated rings. The SMILES string of the molecule is COCCCC(=O)c1ccc(C(C)c2cc(C(=O)N[C@H]3CCOC[C@@H]3O)nc3ccoc23)cc1F. The van der Waals surface area contributed by atoms with E-state index in [2.05, 4.69) is 10.3 Å². The molecule has 1 saturated heterocycles. The maximum atomic E-state index is 14.9. The van der Waals surface area contributed by atoms with Gasteiger partial charge in [-0.2, -0.15) is 0 Å². The van der Waals surface area contributed by atoms with Crippen LogP contribution in [0.4, 0.5) is 4.39 Å². The van der Waals surface area contributed by atoms with Gasteiger partial charge in [0, 0.05) is 44.3 Å². The van der Waals surface area contributed by atoms with Gasteiger partial charge in [0.25, 0.3) is 5.91 Å². The summed E-state index contributed by atoms with van der Waals surface area (Å²) in [6.07, 6.45) is 1.93. The van der Waals surface area contributed by atoms with E-state index in [-0.39, 0.29) is 36.0 Å². The Hall–Kier alpha value is -3.14. The van der Waals surface area contributed by atoms with Crippen molar-refractivity contribution in [3.8, 4) is 0 Å². The third-order valence-corrected chi connectivity index (χ3v) is 6.33. The monoisotopic (exact) mass is 484 g/mol. The molecule has 4 rings (SSSR count). The topological polar surface area (TPSA) is 111 Å². The van der Waals surface area contributed by atoms with Crippen LogP contribution in [0.15, 0.2) is 41.0 Å². The highest BCUT2D eigenvalue weighted by Gasteiger charge is 2.27. The molecule has 0 aliphatic carbocycles. The molecule has 1 aliphatic rings. The van der Waals surface area contributed by atoms with Crippen LogP contribution in [0, 0.1) is 5.82 Å². The van der Waals surface area contributed by atoms with Crippen LogP contribution in [-0.2, 0) is 9.47 Å². The molecule has 1 unspecified atom stereocenters. The van der Waals surface area contributed by atoms with Crippen LogP contribution >= 0.6 is 0 Å². The first-order valence-corrected chi connectivity index (χ1v) is 11.7. The summed E-state index contributed by atoms with van der Waals surface area (Å²) in [5.41, 5.74) is 2.51. The Balaban J connectivity index is 1.59. The largest absolute Gasteiger partial charge is 0.462 e. The minimum Gasteiger partial charge on any atom is -0.462 e. The van der Waals surface area contributed by atoms with Gasteiger partial charge in [0.1, 0.15) is 17.0 Å². The molecule has 2 N–H and O–H groups in total. The molecule has 1 aromatic carbocycles. The molecule has 0 bridgehead atoms. The van der Waals surface area contributed by atoms with Crippen molar-refractivity contribution in [3.63, 3.8) is 0 Å². The zero-order valence-corrected chi connectivity index (χ0v) is 19.8. The van der Waals surface area contributed by atoms with Gasteiger partial charge in [-0.25, -0.2) is 9.37 Å². The maximum Gasteiger partial charge on any atom is 0.270 e. The first-order valence-electron chi connectivity index (χ1n) is 11.7. The maximum absolute atomic E-state index is 14.9. The average Bonchev–Trinajstić information content (AvgIpc) is 3.33. The fourth-order valence-corrected chi connectivity index (χ4v) is 4.27. The minimum atomic E-state index is -0.789. The van der Waals surface area contributed by atoms with Crippen molar-refractivity contribution in [3.05, 3.63) is 64.8 Å². The third-order valence-electron chi connectivity index (χ3n) is 6.33. The van der Waals surface area contributed by atoms with Gasteiger partial charge in [0.15, 0.2) is 11.4 Å². The number of carbonyl (C=O) groups excluding carboxylic acids is 2. The predicted octanol–water partition coefficient (Wildman–Crippen LogP) is 3.61. The molecular weight excluding hydrogens is 455 g/mol. The number of aromatic nitrogens is 1. The van der Waals surface area contributed by atoms with Crippen molar-refractivity contribution in [2.24, 2.45) is 0 Å². The summed E-state index contributed by atoms with van der Waals surface area (Å²) in [6, 6.07) is 7.41. The molecule has 35 heavy (non-hydrogen) atoms. The summed E-state index contributed by atoms with van der Waals surface area (Å²) >= 11 is 0. The molecule has 0 spiro atoms. The Morgan fingerprint density at radius 3 is 2.89 bits per heavy atom. The van der Waals surface area contributed by atoms with E-state index in [0.717, 1.165) is 0 Å². The van der Waals surface area contributed by atoms with Crippen LogP contribution in [0.3, 0.4) is 0 Å². The smallest absolute Gasteiger partial charge is 0.270 e. The third kappa shape index (κ3) is 5.58. The number of aliphatic hydroxyl groups is 1. The standard InChI is InChI=1S/C26H29FN2O6/c1-15(16-5-6-17(19(27)12-16)23(30)4-3-9-33-2)18-13-22(28-21-8-11-35-25(18)21)26(32)29-20-7-10-34-14-24(20)31/h5-6,8,11-13,15,20,24,31H,3-4,7,9-10,14H2,1-2H3,(H,29,32)/t15?,20-,24-/m0/s1. The lowest BCUT2D eigenvalue weighted by Gasteiger charge is -2.28. The number of rotatable bonds is 9. The quantitative estimate of drug-likeness (QED) is 0.353. The fourth-order valence-electron chi connectivity index (χ4n) is 4.27. The zero-order chi connectivity index (χ0) is 24.9. The van der Waals surface area contributed by atoms with E-state index in [1.165, 1.54) is 18.4 Å². The second-order valence-electron chi connectivity index (χ2n) is 8.72. The highest BCUT2D eigenvalue weighted by Crippen LogP contribution is 2.32.